The van der Waals surface area contributed by atoms with Gasteiger partial charge in [-0.05, 0) is 12.1 Å². The zero-order valence-corrected chi connectivity index (χ0v) is 7.56. The van der Waals surface area contributed by atoms with Crippen molar-refractivity contribution in [3.63, 3.8) is 0 Å². The lowest BCUT2D eigenvalue weighted by Gasteiger charge is -1.97. The number of rotatable bonds is 2. The molecule has 0 unspecified atom stereocenters. The van der Waals surface area contributed by atoms with Gasteiger partial charge in [0.2, 0.25) is 5.89 Å². The summed E-state index contributed by atoms with van der Waals surface area (Å²) in [6, 6.07) is 7.06. The van der Waals surface area contributed by atoms with Crippen LogP contribution < -0.4 is 5.56 Å². The Bertz CT molecular complexity index is 528. The average molecular weight is 187 g/mol. The number of allylic oxidation sites excluding steroid dienone is 1. The van der Waals surface area contributed by atoms with Crippen LogP contribution in [0.2, 0.25) is 0 Å². The van der Waals surface area contributed by atoms with E-state index in [0.29, 0.717) is 23.3 Å². The summed E-state index contributed by atoms with van der Waals surface area (Å²) in [6.45, 7) is 3.56. The number of nitrogens with zero attached hydrogens (tertiary/aromatic N) is 1. The highest BCUT2D eigenvalue weighted by Gasteiger charge is 2.03. The van der Waals surface area contributed by atoms with E-state index in [4.69, 9.17) is 4.42 Å². The van der Waals surface area contributed by atoms with Crippen LogP contribution in [0, 0.1) is 0 Å². The molecule has 0 fully saturated rings. The van der Waals surface area contributed by atoms with Crippen molar-refractivity contribution in [3.05, 3.63) is 53.2 Å². The molecule has 2 rings (SSSR count). The van der Waals surface area contributed by atoms with Crippen LogP contribution in [0.1, 0.15) is 5.89 Å². The predicted molar refractivity (Wildman–Crippen MR) is 54.2 cm³/mol. The molecule has 0 aliphatic carbocycles. The van der Waals surface area contributed by atoms with E-state index in [9.17, 15) is 4.79 Å². The molecule has 0 saturated carbocycles. The highest BCUT2D eigenvalue weighted by Crippen LogP contribution is 2.09. The molecule has 0 N–H and O–H groups in total. The molecule has 70 valence electrons. The molecule has 14 heavy (non-hydrogen) atoms. The molecule has 0 aliphatic rings. The van der Waals surface area contributed by atoms with Crippen LogP contribution in [0.5, 0.6) is 0 Å². The Hall–Kier alpha value is -1.90. The Balaban J connectivity index is 2.72. The maximum absolute atomic E-state index is 11.5. The van der Waals surface area contributed by atoms with E-state index in [1.54, 1.807) is 24.3 Å². The highest BCUT2D eigenvalue weighted by molar-refractivity contribution is 5.74. The Morgan fingerprint density at radius 3 is 3.00 bits per heavy atom. The normalized spacial score (nSPS) is 10.3. The minimum Gasteiger partial charge on any atom is -0.442 e. The van der Waals surface area contributed by atoms with Crippen molar-refractivity contribution < 1.29 is 4.42 Å². The van der Waals surface area contributed by atoms with E-state index >= 15 is 0 Å². The molecule has 0 bridgehead atoms. The van der Waals surface area contributed by atoms with Gasteiger partial charge >= 0.3 is 0 Å². The van der Waals surface area contributed by atoms with Gasteiger partial charge in [-0.2, -0.15) is 4.98 Å². The minimum absolute atomic E-state index is 0.247. The fourth-order valence-electron chi connectivity index (χ4n) is 1.27. The van der Waals surface area contributed by atoms with Gasteiger partial charge in [-0.1, -0.05) is 18.2 Å². The minimum atomic E-state index is -0.247. The third-order valence-electron chi connectivity index (χ3n) is 1.89. The molecule has 1 aromatic carbocycles. The molecular weight excluding hydrogens is 178 g/mol. The molecule has 0 atom stereocenters. The van der Waals surface area contributed by atoms with E-state index in [1.807, 2.05) is 6.07 Å². The molecule has 0 radical (unpaired) electrons. The van der Waals surface area contributed by atoms with Crippen molar-refractivity contribution in [2.45, 2.75) is 6.42 Å². The summed E-state index contributed by atoms with van der Waals surface area (Å²) in [7, 11) is 0. The fourth-order valence-corrected chi connectivity index (χ4v) is 1.27. The first-order valence-corrected chi connectivity index (χ1v) is 4.31. The third-order valence-corrected chi connectivity index (χ3v) is 1.89. The van der Waals surface area contributed by atoms with Crippen molar-refractivity contribution in [3.8, 4) is 0 Å². The van der Waals surface area contributed by atoms with Gasteiger partial charge in [0.25, 0.3) is 5.56 Å². The second kappa shape index (κ2) is 3.46. The largest absolute Gasteiger partial charge is 0.442 e. The van der Waals surface area contributed by atoms with Gasteiger partial charge in [-0.15, -0.1) is 6.58 Å². The molecule has 3 heteroatoms. The summed E-state index contributed by atoms with van der Waals surface area (Å²) in [5, 5.41) is 0.514. The summed E-state index contributed by atoms with van der Waals surface area (Å²) in [5.74, 6) is 0.406. The maximum Gasteiger partial charge on any atom is 0.283 e. The second-order valence-corrected chi connectivity index (χ2v) is 2.90. The van der Waals surface area contributed by atoms with Crippen molar-refractivity contribution in [1.29, 1.82) is 0 Å². The molecule has 2 aromatic rings. The number of para-hydroxylation sites is 1. The topological polar surface area (TPSA) is 43.1 Å². The summed E-state index contributed by atoms with van der Waals surface area (Å²) >= 11 is 0. The Morgan fingerprint density at radius 1 is 1.43 bits per heavy atom. The molecule has 0 spiro atoms. The fraction of sp³-hybridized carbons (Fsp3) is 0.0909. The first-order valence-electron chi connectivity index (χ1n) is 4.31. The van der Waals surface area contributed by atoms with Crippen molar-refractivity contribution >= 4 is 11.0 Å². The second-order valence-electron chi connectivity index (χ2n) is 2.90. The average Bonchev–Trinajstić information content (AvgIpc) is 2.18. The van der Waals surface area contributed by atoms with Crippen LogP contribution in [0.4, 0.5) is 0 Å². The van der Waals surface area contributed by atoms with Crippen molar-refractivity contribution in [2.75, 3.05) is 0 Å². The summed E-state index contributed by atoms with van der Waals surface area (Å²) in [4.78, 5) is 15.3. The van der Waals surface area contributed by atoms with Gasteiger partial charge < -0.3 is 4.42 Å². The van der Waals surface area contributed by atoms with E-state index < -0.39 is 0 Å². The quantitative estimate of drug-likeness (QED) is 0.674. The monoisotopic (exact) mass is 187 g/mol. The molecule has 0 amide bonds. The first kappa shape index (κ1) is 8.69. The Morgan fingerprint density at radius 2 is 2.21 bits per heavy atom. The van der Waals surface area contributed by atoms with Gasteiger partial charge in [0.15, 0.2) is 0 Å². The summed E-state index contributed by atoms with van der Waals surface area (Å²) in [6.07, 6.45) is 2.13. The zero-order chi connectivity index (χ0) is 9.97. The molecule has 0 aliphatic heterocycles. The Labute approximate surface area is 80.7 Å². The SMILES string of the molecule is C=CCc1nc(=O)c2ccccc2o1. The number of hydrogen-bond donors (Lipinski definition) is 0. The Kier molecular flexibility index (Phi) is 2.14. The lowest BCUT2D eigenvalue weighted by molar-refractivity contribution is 0.521. The number of aromatic nitrogens is 1. The predicted octanol–water partition coefficient (Wildman–Crippen LogP) is 1.92. The van der Waals surface area contributed by atoms with Gasteiger partial charge in [0.1, 0.15) is 5.58 Å². The lowest BCUT2D eigenvalue weighted by Crippen LogP contribution is -2.08. The van der Waals surface area contributed by atoms with E-state index in [0.717, 1.165) is 0 Å². The van der Waals surface area contributed by atoms with Crippen LogP contribution >= 0.6 is 0 Å². The highest BCUT2D eigenvalue weighted by atomic mass is 16.3. The van der Waals surface area contributed by atoms with Crippen LogP contribution in [-0.2, 0) is 6.42 Å². The number of hydrogen-bond acceptors (Lipinski definition) is 3. The van der Waals surface area contributed by atoms with Crippen molar-refractivity contribution in [1.82, 2.24) is 4.98 Å². The van der Waals surface area contributed by atoms with Gasteiger partial charge in [0, 0.05) is 6.42 Å². The molecule has 1 heterocycles. The van der Waals surface area contributed by atoms with E-state index in [1.165, 1.54) is 0 Å². The van der Waals surface area contributed by atoms with Crippen LogP contribution in [0.3, 0.4) is 0 Å². The van der Waals surface area contributed by atoms with Crippen molar-refractivity contribution in [2.24, 2.45) is 0 Å². The standard InChI is InChI=1S/C11H9NO2/c1-2-5-10-12-11(13)8-6-3-4-7-9(8)14-10/h2-4,6-7H,1,5H2. The van der Waals surface area contributed by atoms with Gasteiger partial charge in [0.05, 0.1) is 5.39 Å². The van der Waals surface area contributed by atoms with Crippen LogP contribution in [0.15, 0.2) is 46.1 Å². The third kappa shape index (κ3) is 1.44. The summed E-state index contributed by atoms with van der Waals surface area (Å²) in [5.41, 5.74) is 0.327. The molecular formula is C11H9NO2. The van der Waals surface area contributed by atoms with E-state index in [2.05, 4.69) is 11.6 Å². The molecule has 3 nitrogen and oxygen atoms in total. The maximum atomic E-state index is 11.5. The summed E-state index contributed by atoms with van der Waals surface area (Å²) < 4.78 is 5.40. The number of benzene rings is 1. The van der Waals surface area contributed by atoms with E-state index in [-0.39, 0.29) is 5.56 Å². The van der Waals surface area contributed by atoms with Crippen LogP contribution in [-0.4, -0.2) is 4.98 Å². The van der Waals surface area contributed by atoms with Gasteiger partial charge in [-0.3, -0.25) is 4.79 Å². The number of fused-ring (bicyclic) bond motifs is 1. The molecule has 0 saturated heterocycles. The zero-order valence-electron chi connectivity index (χ0n) is 7.56. The lowest BCUT2D eigenvalue weighted by atomic mass is 10.2. The molecule has 1 aromatic heterocycles. The van der Waals surface area contributed by atoms with Gasteiger partial charge in [-0.25, -0.2) is 0 Å². The smallest absolute Gasteiger partial charge is 0.283 e. The van der Waals surface area contributed by atoms with Crippen LogP contribution in [0.25, 0.3) is 11.0 Å². The first-order chi connectivity index (χ1) is 6.81.